The molecule has 0 saturated carbocycles. The van der Waals surface area contributed by atoms with E-state index in [1.807, 2.05) is 0 Å². The normalized spacial score (nSPS) is 9.71. The van der Waals surface area contributed by atoms with E-state index < -0.39 is 24.5 Å². The second kappa shape index (κ2) is 7.20. The summed E-state index contributed by atoms with van der Waals surface area (Å²) in [6.07, 6.45) is 0. The number of ether oxygens (including phenoxy) is 1. The van der Waals surface area contributed by atoms with Gasteiger partial charge in [-0.15, -0.1) is 0 Å². The maximum Gasteiger partial charge on any atom is 0.339 e. The topological polar surface area (TPSA) is 84.5 Å². The van der Waals surface area contributed by atoms with E-state index in [9.17, 15) is 14.4 Å². The monoisotopic (exact) mass is 304 g/mol. The largest absolute Gasteiger partial charge is 0.452 e. The minimum absolute atomic E-state index is 0.376. The zero-order valence-electron chi connectivity index (χ0n) is 10.9. The van der Waals surface area contributed by atoms with Crippen LogP contribution in [0, 0.1) is 0 Å². The van der Waals surface area contributed by atoms with E-state index in [4.69, 9.17) is 4.74 Å². The van der Waals surface area contributed by atoms with Gasteiger partial charge in [-0.3, -0.25) is 10.1 Å². The molecule has 0 atom stereocenters. The molecule has 0 unspecified atom stereocenters. The van der Waals surface area contributed by atoms with Gasteiger partial charge in [-0.2, -0.15) is 11.3 Å². The van der Waals surface area contributed by atoms with E-state index in [1.54, 1.807) is 47.2 Å². The van der Waals surface area contributed by atoms with Crippen molar-refractivity contribution in [2.45, 2.75) is 0 Å². The Morgan fingerprint density at radius 1 is 1.10 bits per heavy atom. The number of amides is 3. The summed E-state index contributed by atoms with van der Waals surface area (Å²) in [5.74, 6) is -1.30. The smallest absolute Gasteiger partial charge is 0.339 e. The molecule has 1 aromatic carbocycles. The van der Waals surface area contributed by atoms with Crippen molar-refractivity contribution in [3.63, 3.8) is 0 Å². The summed E-state index contributed by atoms with van der Waals surface area (Å²) >= 11 is 1.35. The van der Waals surface area contributed by atoms with Gasteiger partial charge in [-0.1, -0.05) is 18.2 Å². The number of urea groups is 1. The number of carbonyl (C=O) groups is 3. The minimum atomic E-state index is -0.702. The molecule has 6 nitrogen and oxygen atoms in total. The summed E-state index contributed by atoms with van der Waals surface area (Å²) in [6, 6.07) is 9.57. The van der Waals surface area contributed by atoms with Gasteiger partial charge in [0, 0.05) is 11.1 Å². The van der Waals surface area contributed by atoms with E-state index in [2.05, 4.69) is 10.6 Å². The molecule has 0 aliphatic heterocycles. The highest BCUT2D eigenvalue weighted by Crippen LogP contribution is 2.07. The first kappa shape index (κ1) is 14.7. The Hall–Kier alpha value is -2.67. The van der Waals surface area contributed by atoms with E-state index in [0.717, 1.165) is 0 Å². The van der Waals surface area contributed by atoms with Crippen LogP contribution in [0.2, 0.25) is 0 Å². The number of hydrogen-bond donors (Lipinski definition) is 2. The van der Waals surface area contributed by atoms with E-state index in [1.165, 1.54) is 11.3 Å². The standard InChI is InChI=1S/C14H12N2O4S/c17-12(8-20-13(18)10-6-7-21-9-10)16-14(19)15-11-4-2-1-3-5-11/h1-7,9H,8H2,(H2,15,16,17,19). The van der Waals surface area contributed by atoms with Crippen molar-refractivity contribution in [3.05, 3.63) is 52.7 Å². The first-order valence-electron chi connectivity index (χ1n) is 6.00. The fourth-order valence-corrected chi connectivity index (χ4v) is 2.07. The Balaban J connectivity index is 1.74. The van der Waals surface area contributed by atoms with E-state index in [-0.39, 0.29) is 0 Å². The van der Waals surface area contributed by atoms with Crippen molar-refractivity contribution >= 4 is 34.9 Å². The van der Waals surface area contributed by atoms with Crippen LogP contribution in [0.15, 0.2) is 47.2 Å². The van der Waals surface area contributed by atoms with Gasteiger partial charge >= 0.3 is 12.0 Å². The lowest BCUT2D eigenvalue weighted by molar-refractivity contribution is -0.123. The molecule has 2 rings (SSSR count). The Kier molecular flexibility index (Phi) is 5.05. The Morgan fingerprint density at radius 3 is 2.52 bits per heavy atom. The Labute approximate surface area is 124 Å². The van der Waals surface area contributed by atoms with E-state index in [0.29, 0.717) is 11.3 Å². The third-order valence-corrected chi connectivity index (χ3v) is 3.06. The molecule has 3 amide bonds. The molecule has 0 aliphatic carbocycles. The van der Waals surface area contributed by atoms with Crippen LogP contribution in [-0.2, 0) is 9.53 Å². The summed E-state index contributed by atoms with van der Waals surface area (Å²) in [6.45, 7) is -0.517. The van der Waals surface area contributed by atoms with Crippen LogP contribution < -0.4 is 10.6 Å². The van der Waals surface area contributed by atoms with Gasteiger partial charge < -0.3 is 10.1 Å². The fraction of sp³-hybridized carbons (Fsp3) is 0.0714. The van der Waals surface area contributed by atoms with Gasteiger partial charge in [-0.25, -0.2) is 9.59 Å². The summed E-state index contributed by atoms with van der Waals surface area (Å²) in [5, 5.41) is 7.88. The quantitative estimate of drug-likeness (QED) is 0.849. The zero-order valence-corrected chi connectivity index (χ0v) is 11.7. The summed E-state index contributed by atoms with van der Waals surface area (Å²) in [5.41, 5.74) is 0.930. The number of benzene rings is 1. The molecule has 7 heteroatoms. The van der Waals surface area contributed by atoms with Crippen molar-refractivity contribution in [2.75, 3.05) is 11.9 Å². The van der Waals surface area contributed by atoms with Crippen LogP contribution in [0.5, 0.6) is 0 Å². The summed E-state index contributed by atoms with van der Waals surface area (Å²) in [7, 11) is 0. The average molecular weight is 304 g/mol. The highest BCUT2D eigenvalue weighted by Gasteiger charge is 2.12. The van der Waals surface area contributed by atoms with Crippen molar-refractivity contribution in [3.8, 4) is 0 Å². The maximum atomic E-state index is 11.5. The molecule has 0 spiro atoms. The molecule has 0 radical (unpaired) electrons. The van der Waals surface area contributed by atoms with Gasteiger partial charge in [-0.05, 0) is 23.6 Å². The van der Waals surface area contributed by atoms with E-state index >= 15 is 0 Å². The molecule has 0 fully saturated rings. The molecule has 0 aliphatic rings. The van der Waals surface area contributed by atoms with Crippen LogP contribution in [0.1, 0.15) is 10.4 Å². The first-order valence-corrected chi connectivity index (χ1v) is 6.94. The van der Waals surface area contributed by atoms with Crippen LogP contribution in [0.3, 0.4) is 0 Å². The van der Waals surface area contributed by atoms with Gasteiger partial charge in [0.2, 0.25) is 0 Å². The number of para-hydroxylation sites is 1. The first-order chi connectivity index (χ1) is 10.1. The highest BCUT2D eigenvalue weighted by atomic mass is 32.1. The Morgan fingerprint density at radius 2 is 1.86 bits per heavy atom. The van der Waals surface area contributed by atoms with Crippen LogP contribution >= 0.6 is 11.3 Å². The van der Waals surface area contributed by atoms with Crippen molar-refractivity contribution in [2.24, 2.45) is 0 Å². The van der Waals surface area contributed by atoms with Crippen molar-refractivity contribution < 1.29 is 19.1 Å². The predicted octanol–water partition coefficient (Wildman–Crippen LogP) is 2.25. The minimum Gasteiger partial charge on any atom is -0.452 e. The predicted molar refractivity (Wildman–Crippen MR) is 78.2 cm³/mol. The lowest BCUT2D eigenvalue weighted by atomic mass is 10.3. The van der Waals surface area contributed by atoms with Gasteiger partial charge in [0.05, 0.1) is 5.56 Å². The summed E-state index contributed by atoms with van der Waals surface area (Å²) < 4.78 is 4.77. The Bertz CT molecular complexity index is 626. The number of anilines is 1. The average Bonchev–Trinajstić information content (AvgIpc) is 3.00. The van der Waals surface area contributed by atoms with Crippen molar-refractivity contribution in [1.82, 2.24) is 5.32 Å². The number of thiophene rings is 1. The number of imide groups is 1. The zero-order chi connectivity index (χ0) is 15.1. The van der Waals surface area contributed by atoms with Gasteiger partial charge in [0.1, 0.15) is 0 Å². The number of rotatable bonds is 4. The van der Waals surface area contributed by atoms with Crippen LogP contribution in [0.4, 0.5) is 10.5 Å². The number of carbonyl (C=O) groups excluding carboxylic acids is 3. The lowest BCUT2D eigenvalue weighted by Crippen LogP contribution is -2.37. The molecule has 0 bridgehead atoms. The highest BCUT2D eigenvalue weighted by molar-refractivity contribution is 7.08. The summed E-state index contributed by atoms with van der Waals surface area (Å²) in [4.78, 5) is 34.5. The molecule has 21 heavy (non-hydrogen) atoms. The molecule has 2 N–H and O–H groups in total. The number of esters is 1. The number of nitrogens with one attached hydrogen (secondary N) is 2. The second-order valence-corrected chi connectivity index (χ2v) is 4.74. The molecule has 108 valence electrons. The molecular weight excluding hydrogens is 292 g/mol. The van der Waals surface area contributed by atoms with Gasteiger partial charge in [0.25, 0.3) is 5.91 Å². The van der Waals surface area contributed by atoms with Gasteiger partial charge in [0.15, 0.2) is 6.61 Å². The fourth-order valence-electron chi connectivity index (χ4n) is 1.44. The number of hydrogen-bond acceptors (Lipinski definition) is 5. The molecular formula is C14H12N2O4S. The molecule has 0 saturated heterocycles. The van der Waals surface area contributed by atoms with Crippen LogP contribution in [0.25, 0.3) is 0 Å². The lowest BCUT2D eigenvalue weighted by Gasteiger charge is -2.07. The van der Waals surface area contributed by atoms with Crippen molar-refractivity contribution in [1.29, 1.82) is 0 Å². The molecule has 2 aromatic rings. The molecule has 1 heterocycles. The maximum absolute atomic E-state index is 11.5. The van der Waals surface area contributed by atoms with Crippen LogP contribution in [-0.4, -0.2) is 24.5 Å². The molecule has 1 aromatic heterocycles. The third-order valence-electron chi connectivity index (χ3n) is 2.38. The SMILES string of the molecule is O=C(COC(=O)c1ccsc1)NC(=O)Nc1ccccc1. The third kappa shape index (κ3) is 4.73. The second-order valence-electron chi connectivity index (χ2n) is 3.96.